The Hall–Kier alpha value is -2.82. The molecule has 0 aromatic heterocycles. The minimum Gasteiger partial charge on any atom is -0.480 e. The predicted molar refractivity (Wildman–Crippen MR) is 97.6 cm³/mol. The molecule has 1 saturated heterocycles. The van der Waals surface area contributed by atoms with Gasteiger partial charge in [0.2, 0.25) is 0 Å². The van der Waals surface area contributed by atoms with Crippen LogP contribution in [0.25, 0.3) is 0 Å². The number of hydrogen-bond donors (Lipinski definition) is 1. The molecule has 1 aliphatic heterocycles. The number of aliphatic carboxylic acids is 1. The monoisotopic (exact) mass is 353 g/mol. The van der Waals surface area contributed by atoms with Crippen LogP contribution >= 0.6 is 0 Å². The molecule has 2 atom stereocenters. The molecule has 1 aliphatic rings. The van der Waals surface area contributed by atoms with Crippen molar-refractivity contribution < 1.29 is 19.4 Å². The van der Waals surface area contributed by atoms with Gasteiger partial charge in [-0.1, -0.05) is 60.7 Å². The molecular weight excluding hydrogens is 330 g/mol. The van der Waals surface area contributed by atoms with E-state index in [-0.39, 0.29) is 12.5 Å². The fraction of sp³-hybridized carbons (Fsp3) is 0.333. The number of carboxylic acids is 1. The fourth-order valence-electron chi connectivity index (χ4n) is 3.43. The smallest absolute Gasteiger partial charge is 0.410 e. The van der Waals surface area contributed by atoms with Crippen molar-refractivity contribution in [2.45, 2.75) is 31.9 Å². The van der Waals surface area contributed by atoms with E-state index in [1.165, 1.54) is 10.5 Å². The molecule has 0 unspecified atom stereocenters. The Kier molecular flexibility index (Phi) is 5.89. The van der Waals surface area contributed by atoms with Crippen LogP contribution in [0.5, 0.6) is 0 Å². The van der Waals surface area contributed by atoms with E-state index in [0.717, 1.165) is 18.4 Å². The molecule has 0 spiro atoms. The highest BCUT2D eigenvalue weighted by molar-refractivity contribution is 5.80. The summed E-state index contributed by atoms with van der Waals surface area (Å²) in [6, 6.07) is 18.6. The van der Waals surface area contributed by atoms with Crippen LogP contribution in [0.1, 0.15) is 24.0 Å². The van der Waals surface area contributed by atoms with Gasteiger partial charge >= 0.3 is 12.1 Å². The van der Waals surface area contributed by atoms with Gasteiger partial charge in [0, 0.05) is 6.54 Å². The van der Waals surface area contributed by atoms with Crippen LogP contribution in [-0.4, -0.2) is 34.7 Å². The minimum absolute atomic E-state index is 0.149. The van der Waals surface area contributed by atoms with E-state index in [9.17, 15) is 14.7 Å². The molecular formula is C21H23NO4. The molecule has 2 aromatic carbocycles. The largest absolute Gasteiger partial charge is 0.480 e. The van der Waals surface area contributed by atoms with E-state index in [0.29, 0.717) is 13.0 Å². The molecule has 1 fully saturated rings. The summed E-state index contributed by atoms with van der Waals surface area (Å²) < 4.78 is 5.33. The zero-order valence-corrected chi connectivity index (χ0v) is 14.6. The van der Waals surface area contributed by atoms with Gasteiger partial charge in [-0.15, -0.1) is 0 Å². The maximum atomic E-state index is 12.4. The molecule has 5 nitrogen and oxygen atoms in total. The number of nitrogens with zero attached hydrogens (tertiary/aromatic N) is 1. The average molecular weight is 353 g/mol. The summed E-state index contributed by atoms with van der Waals surface area (Å²) in [6.07, 6.45) is 1.50. The van der Waals surface area contributed by atoms with Crippen LogP contribution in [0, 0.1) is 5.92 Å². The van der Waals surface area contributed by atoms with Gasteiger partial charge in [0.25, 0.3) is 0 Å². The van der Waals surface area contributed by atoms with Crippen LogP contribution in [0.4, 0.5) is 4.79 Å². The summed E-state index contributed by atoms with van der Waals surface area (Å²) in [4.78, 5) is 25.4. The van der Waals surface area contributed by atoms with Gasteiger partial charge < -0.3 is 9.84 Å². The number of piperidine rings is 1. The summed E-state index contributed by atoms with van der Waals surface area (Å²) in [5.41, 5.74) is 2.08. The molecule has 0 aliphatic carbocycles. The molecule has 2 aromatic rings. The third-order valence-electron chi connectivity index (χ3n) is 4.80. The number of amides is 1. The number of carbonyl (C=O) groups is 2. The van der Waals surface area contributed by atoms with Gasteiger partial charge in [-0.3, -0.25) is 4.90 Å². The Morgan fingerprint density at radius 2 is 1.62 bits per heavy atom. The van der Waals surface area contributed by atoms with E-state index < -0.39 is 18.1 Å². The van der Waals surface area contributed by atoms with Crippen molar-refractivity contribution >= 4 is 12.1 Å². The Labute approximate surface area is 153 Å². The average Bonchev–Trinajstić information content (AvgIpc) is 2.67. The molecule has 0 radical (unpaired) electrons. The Balaban J connectivity index is 1.59. The maximum Gasteiger partial charge on any atom is 0.410 e. The lowest BCUT2D eigenvalue weighted by atomic mass is 9.86. The van der Waals surface area contributed by atoms with E-state index in [4.69, 9.17) is 4.74 Å². The summed E-state index contributed by atoms with van der Waals surface area (Å²) in [5.74, 6) is -0.726. The first kappa shape index (κ1) is 18.0. The highest BCUT2D eigenvalue weighted by Gasteiger charge is 2.37. The zero-order chi connectivity index (χ0) is 18.4. The number of likely N-dealkylation sites (tertiary alicyclic amines) is 1. The van der Waals surface area contributed by atoms with Crippen LogP contribution in [-0.2, 0) is 22.6 Å². The second kappa shape index (κ2) is 8.52. The quantitative estimate of drug-likeness (QED) is 0.889. The topological polar surface area (TPSA) is 66.8 Å². The fourth-order valence-corrected chi connectivity index (χ4v) is 3.43. The SMILES string of the molecule is O=C(O)[C@@H]1C[C@H](Cc2ccccc2)CCN1C(=O)OCc1ccccc1. The first-order chi connectivity index (χ1) is 12.6. The third-order valence-corrected chi connectivity index (χ3v) is 4.80. The molecule has 136 valence electrons. The van der Waals surface area contributed by atoms with Gasteiger partial charge in [-0.05, 0) is 36.3 Å². The second-order valence-electron chi connectivity index (χ2n) is 6.67. The summed E-state index contributed by atoms with van der Waals surface area (Å²) in [5, 5.41) is 9.58. The number of ether oxygens (including phenoxy) is 1. The van der Waals surface area contributed by atoms with Crippen LogP contribution in [0.2, 0.25) is 0 Å². The van der Waals surface area contributed by atoms with Crippen molar-refractivity contribution in [3.8, 4) is 0 Å². The first-order valence-electron chi connectivity index (χ1n) is 8.87. The van der Waals surface area contributed by atoms with Crippen molar-refractivity contribution in [2.75, 3.05) is 6.54 Å². The van der Waals surface area contributed by atoms with Crippen molar-refractivity contribution in [3.63, 3.8) is 0 Å². The predicted octanol–water partition coefficient (Wildman–Crippen LogP) is 3.73. The second-order valence-corrected chi connectivity index (χ2v) is 6.67. The standard InChI is InChI=1S/C21H23NO4/c23-20(24)19-14-18(13-16-7-3-1-4-8-16)11-12-22(19)21(25)26-15-17-9-5-2-6-10-17/h1-10,18-19H,11-15H2,(H,23,24)/t18-,19-/m0/s1. The Morgan fingerprint density at radius 1 is 1.00 bits per heavy atom. The highest BCUT2D eigenvalue weighted by Crippen LogP contribution is 2.27. The lowest BCUT2D eigenvalue weighted by Crippen LogP contribution is -2.50. The third kappa shape index (κ3) is 4.63. The van der Waals surface area contributed by atoms with Gasteiger partial charge in [0.1, 0.15) is 12.6 Å². The van der Waals surface area contributed by atoms with Crippen LogP contribution in [0.3, 0.4) is 0 Å². The molecule has 3 rings (SSSR count). The molecule has 0 bridgehead atoms. The number of carbonyl (C=O) groups excluding carboxylic acids is 1. The van der Waals surface area contributed by atoms with Crippen LogP contribution in [0.15, 0.2) is 60.7 Å². The molecule has 26 heavy (non-hydrogen) atoms. The molecule has 1 N–H and O–H groups in total. The van der Waals surface area contributed by atoms with Crippen LogP contribution < -0.4 is 0 Å². The number of carboxylic acid groups (broad SMARTS) is 1. The lowest BCUT2D eigenvalue weighted by Gasteiger charge is -2.36. The number of benzene rings is 2. The molecule has 1 heterocycles. The maximum absolute atomic E-state index is 12.4. The molecule has 0 saturated carbocycles. The van der Waals surface area contributed by atoms with Gasteiger partial charge in [0.15, 0.2) is 0 Å². The molecule has 5 heteroatoms. The van der Waals surface area contributed by atoms with E-state index in [1.807, 2.05) is 48.5 Å². The van der Waals surface area contributed by atoms with Crippen molar-refractivity contribution in [2.24, 2.45) is 5.92 Å². The van der Waals surface area contributed by atoms with E-state index in [2.05, 4.69) is 12.1 Å². The van der Waals surface area contributed by atoms with Gasteiger partial charge in [-0.25, -0.2) is 9.59 Å². The summed E-state index contributed by atoms with van der Waals surface area (Å²) in [7, 11) is 0. The molecule has 1 amide bonds. The van der Waals surface area contributed by atoms with Crippen molar-refractivity contribution in [1.29, 1.82) is 0 Å². The summed E-state index contributed by atoms with van der Waals surface area (Å²) >= 11 is 0. The number of rotatable bonds is 5. The Bertz CT molecular complexity index is 732. The van der Waals surface area contributed by atoms with Gasteiger partial charge in [0.05, 0.1) is 0 Å². The Morgan fingerprint density at radius 3 is 2.23 bits per heavy atom. The van der Waals surface area contributed by atoms with Gasteiger partial charge in [-0.2, -0.15) is 0 Å². The van der Waals surface area contributed by atoms with E-state index in [1.54, 1.807) is 0 Å². The lowest BCUT2D eigenvalue weighted by molar-refractivity contribution is -0.144. The normalized spacial score (nSPS) is 19.8. The zero-order valence-electron chi connectivity index (χ0n) is 14.6. The summed E-state index contributed by atoms with van der Waals surface area (Å²) in [6.45, 7) is 0.554. The van der Waals surface area contributed by atoms with Crippen molar-refractivity contribution in [1.82, 2.24) is 4.90 Å². The van der Waals surface area contributed by atoms with Crippen molar-refractivity contribution in [3.05, 3.63) is 71.8 Å². The minimum atomic E-state index is -0.973. The first-order valence-corrected chi connectivity index (χ1v) is 8.87. The number of hydrogen-bond acceptors (Lipinski definition) is 3. The van der Waals surface area contributed by atoms with E-state index >= 15 is 0 Å². The highest BCUT2D eigenvalue weighted by atomic mass is 16.6.